The third kappa shape index (κ3) is 3.66. The summed E-state index contributed by atoms with van der Waals surface area (Å²) >= 11 is 0. The molecule has 0 saturated carbocycles. The minimum absolute atomic E-state index is 1.12. The maximum atomic E-state index is 3.59. The van der Waals surface area contributed by atoms with Crippen molar-refractivity contribution in [3.8, 4) is 0 Å². The van der Waals surface area contributed by atoms with Gasteiger partial charge in [-0.25, -0.2) is 0 Å². The first-order chi connectivity index (χ1) is 12.4. The minimum Gasteiger partial charge on any atom is -0.355 e. The predicted octanol–water partition coefficient (Wildman–Crippen LogP) is 6.90. The van der Waals surface area contributed by atoms with Crippen LogP contribution in [-0.4, -0.2) is 0 Å². The maximum Gasteiger partial charge on any atom is 0.0463 e. The molecule has 0 atom stereocenters. The van der Waals surface area contributed by atoms with Gasteiger partial charge in [-0.3, -0.25) is 0 Å². The number of hydrogen-bond donors (Lipinski definition) is 1. The van der Waals surface area contributed by atoms with Gasteiger partial charge in [0.25, 0.3) is 0 Å². The van der Waals surface area contributed by atoms with Crippen LogP contribution in [0.4, 0.5) is 11.4 Å². The molecular formula is C24H23N. The van der Waals surface area contributed by atoms with Gasteiger partial charge < -0.3 is 5.32 Å². The van der Waals surface area contributed by atoms with Crippen molar-refractivity contribution in [1.82, 2.24) is 0 Å². The number of para-hydroxylation sites is 1. The Hall–Kier alpha value is -2.80. The molecule has 0 spiro atoms. The van der Waals surface area contributed by atoms with Crippen LogP contribution >= 0.6 is 0 Å². The molecule has 124 valence electrons. The fraction of sp³-hybridized carbons (Fsp3) is 0.167. The van der Waals surface area contributed by atoms with Gasteiger partial charge in [-0.15, -0.1) is 0 Å². The molecule has 2 aliphatic rings. The Bertz CT molecular complexity index is 863. The van der Waals surface area contributed by atoms with E-state index >= 15 is 0 Å². The first kappa shape index (κ1) is 15.7. The number of benzene rings is 2. The summed E-state index contributed by atoms with van der Waals surface area (Å²) < 4.78 is 0. The lowest BCUT2D eigenvalue weighted by Crippen LogP contribution is -1.96. The maximum absolute atomic E-state index is 3.59. The van der Waals surface area contributed by atoms with Crippen molar-refractivity contribution >= 4 is 22.5 Å². The lowest BCUT2D eigenvalue weighted by molar-refractivity contribution is 1.04. The van der Waals surface area contributed by atoms with Crippen LogP contribution in [0.5, 0.6) is 0 Å². The van der Waals surface area contributed by atoms with Gasteiger partial charge in [-0.1, -0.05) is 66.8 Å². The summed E-state index contributed by atoms with van der Waals surface area (Å²) in [5.41, 5.74) is 7.47. The number of allylic oxidation sites excluding steroid dienone is 8. The van der Waals surface area contributed by atoms with Gasteiger partial charge in [0.15, 0.2) is 0 Å². The van der Waals surface area contributed by atoms with Crippen molar-refractivity contribution in [3.05, 3.63) is 96.1 Å². The Balaban J connectivity index is 1.57. The summed E-state index contributed by atoms with van der Waals surface area (Å²) in [5, 5.41) is 3.59. The summed E-state index contributed by atoms with van der Waals surface area (Å²) in [6.07, 6.45) is 18.2. The number of anilines is 2. The van der Waals surface area contributed by atoms with Gasteiger partial charge in [0, 0.05) is 16.9 Å². The SMILES string of the molecule is C1=CC(c2ccc(Nc3ccccc3C3=CCCC=C3)cc2)=CCC1. The molecule has 0 bridgehead atoms. The molecule has 1 N–H and O–H groups in total. The number of nitrogens with one attached hydrogen (secondary N) is 1. The molecule has 25 heavy (non-hydrogen) atoms. The van der Waals surface area contributed by atoms with Gasteiger partial charge in [0.05, 0.1) is 0 Å². The van der Waals surface area contributed by atoms with E-state index in [0.29, 0.717) is 0 Å². The van der Waals surface area contributed by atoms with E-state index in [1.807, 2.05) is 0 Å². The first-order valence-electron chi connectivity index (χ1n) is 9.10. The second-order valence-corrected chi connectivity index (χ2v) is 6.53. The van der Waals surface area contributed by atoms with E-state index in [-0.39, 0.29) is 0 Å². The van der Waals surface area contributed by atoms with Gasteiger partial charge >= 0.3 is 0 Å². The highest BCUT2D eigenvalue weighted by Crippen LogP contribution is 2.30. The molecule has 0 unspecified atom stereocenters. The summed E-state index contributed by atoms with van der Waals surface area (Å²) in [6, 6.07) is 17.3. The van der Waals surface area contributed by atoms with Crippen molar-refractivity contribution in [1.29, 1.82) is 0 Å². The van der Waals surface area contributed by atoms with E-state index in [0.717, 1.165) is 37.1 Å². The van der Waals surface area contributed by atoms with Crippen LogP contribution in [0.3, 0.4) is 0 Å². The molecule has 0 amide bonds. The molecule has 0 aromatic heterocycles. The van der Waals surface area contributed by atoms with Crippen molar-refractivity contribution in [2.45, 2.75) is 25.7 Å². The summed E-state index contributed by atoms with van der Waals surface area (Å²) in [4.78, 5) is 0. The fourth-order valence-corrected chi connectivity index (χ4v) is 3.39. The Morgan fingerprint density at radius 2 is 1.32 bits per heavy atom. The normalized spacial score (nSPS) is 16.3. The molecule has 1 nitrogen and oxygen atoms in total. The van der Waals surface area contributed by atoms with Crippen LogP contribution in [0, 0.1) is 0 Å². The summed E-state index contributed by atoms with van der Waals surface area (Å²) in [7, 11) is 0. The molecular weight excluding hydrogens is 302 g/mol. The van der Waals surface area contributed by atoms with Crippen molar-refractivity contribution in [2.24, 2.45) is 0 Å². The Kier molecular flexibility index (Phi) is 4.65. The van der Waals surface area contributed by atoms with E-state index in [9.17, 15) is 0 Å². The third-order valence-electron chi connectivity index (χ3n) is 4.73. The monoisotopic (exact) mass is 325 g/mol. The molecule has 2 aromatic carbocycles. The Morgan fingerprint density at radius 1 is 0.640 bits per heavy atom. The second kappa shape index (κ2) is 7.40. The zero-order chi connectivity index (χ0) is 16.9. The predicted molar refractivity (Wildman–Crippen MR) is 109 cm³/mol. The number of hydrogen-bond acceptors (Lipinski definition) is 1. The van der Waals surface area contributed by atoms with E-state index in [1.54, 1.807) is 0 Å². The van der Waals surface area contributed by atoms with E-state index in [1.165, 1.54) is 22.3 Å². The van der Waals surface area contributed by atoms with E-state index in [4.69, 9.17) is 0 Å². The first-order valence-corrected chi connectivity index (χ1v) is 9.10. The van der Waals surface area contributed by atoms with Gasteiger partial charge in [0.1, 0.15) is 0 Å². The van der Waals surface area contributed by atoms with Crippen molar-refractivity contribution < 1.29 is 0 Å². The van der Waals surface area contributed by atoms with E-state index < -0.39 is 0 Å². The topological polar surface area (TPSA) is 12.0 Å². The molecule has 0 heterocycles. The molecule has 4 rings (SSSR count). The van der Waals surface area contributed by atoms with Gasteiger partial charge in [0.2, 0.25) is 0 Å². The van der Waals surface area contributed by atoms with Gasteiger partial charge in [-0.2, -0.15) is 0 Å². The Labute approximate surface area is 150 Å². The van der Waals surface area contributed by atoms with Crippen molar-refractivity contribution in [2.75, 3.05) is 5.32 Å². The molecule has 0 fully saturated rings. The minimum atomic E-state index is 1.12. The average Bonchev–Trinajstić information content (AvgIpc) is 2.70. The second-order valence-electron chi connectivity index (χ2n) is 6.53. The van der Waals surface area contributed by atoms with Crippen LogP contribution in [0.25, 0.3) is 11.1 Å². The summed E-state index contributed by atoms with van der Waals surface area (Å²) in [6.45, 7) is 0. The van der Waals surface area contributed by atoms with Crippen LogP contribution in [0.1, 0.15) is 36.8 Å². The van der Waals surface area contributed by atoms with E-state index in [2.05, 4.69) is 90.3 Å². The molecule has 0 radical (unpaired) electrons. The Morgan fingerprint density at radius 3 is 2.00 bits per heavy atom. The highest BCUT2D eigenvalue weighted by atomic mass is 14.9. The zero-order valence-electron chi connectivity index (χ0n) is 14.4. The standard InChI is InChI=1S/C24H23N/c1-3-9-19(10-4-1)20-15-17-22(18-16-20)25-24-14-8-7-13-23(24)21-11-5-2-6-12-21/h3,5,7-18,25H,1-2,4,6H2. The molecule has 0 saturated heterocycles. The van der Waals surface area contributed by atoms with Crippen LogP contribution < -0.4 is 5.32 Å². The molecule has 0 aliphatic heterocycles. The lowest BCUT2D eigenvalue weighted by Gasteiger charge is -2.15. The highest BCUT2D eigenvalue weighted by Gasteiger charge is 2.08. The lowest BCUT2D eigenvalue weighted by atomic mass is 9.97. The molecule has 1 heteroatoms. The van der Waals surface area contributed by atoms with Crippen molar-refractivity contribution in [3.63, 3.8) is 0 Å². The largest absolute Gasteiger partial charge is 0.355 e. The fourth-order valence-electron chi connectivity index (χ4n) is 3.39. The number of rotatable bonds is 4. The van der Waals surface area contributed by atoms with Crippen LogP contribution in [-0.2, 0) is 0 Å². The van der Waals surface area contributed by atoms with Gasteiger partial charge in [-0.05, 0) is 60.6 Å². The molecule has 2 aromatic rings. The van der Waals surface area contributed by atoms with Crippen LogP contribution in [0.2, 0.25) is 0 Å². The quantitative estimate of drug-likeness (QED) is 0.645. The molecule has 2 aliphatic carbocycles. The third-order valence-corrected chi connectivity index (χ3v) is 4.73. The average molecular weight is 325 g/mol. The van der Waals surface area contributed by atoms with Crippen LogP contribution in [0.15, 0.2) is 85.0 Å². The smallest absolute Gasteiger partial charge is 0.0463 e. The zero-order valence-corrected chi connectivity index (χ0v) is 14.4. The summed E-state index contributed by atoms with van der Waals surface area (Å²) in [5.74, 6) is 0. The highest BCUT2D eigenvalue weighted by molar-refractivity contribution is 5.84.